The van der Waals surface area contributed by atoms with Gasteiger partial charge in [-0.1, -0.05) is 6.92 Å². The molecule has 100 valence electrons. The van der Waals surface area contributed by atoms with Crippen LogP contribution in [0.2, 0.25) is 0 Å². The first kappa shape index (κ1) is 14.7. The number of ether oxygens (including phenoxy) is 1. The van der Waals surface area contributed by atoms with E-state index in [1.54, 1.807) is 0 Å². The van der Waals surface area contributed by atoms with Gasteiger partial charge in [0, 0.05) is 13.1 Å². The highest BCUT2D eigenvalue weighted by atomic mass is 35.5. The largest absolute Gasteiger partial charge is 0.374 e. The molecule has 2 saturated heterocycles. The van der Waals surface area contributed by atoms with Crippen molar-refractivity contribution in [1.29, 1.82) is 0 Å². The Balaban J connectivity index is 0.00000144. The van der Waals surface area contributed by atoms with E-state index in [-0.39, 0.29) is 30.3 Å². The Morgan fingerprint density at radius 2 is 2.12 bits per heavy atom. The van der Waals surface area contributed by atoms with Crippen LogP contribution >= 0.6 is 12.4 Å². The third kappa shape index (κ3) is 3.83. The molecule has 0 spiro atoms. The summed E-state index contributed by atoms with van der Waals surface area (Å²) in [6.45, 7) is 4.75. The summed E-state index contributed by atoms with van der Waals surface area (Å²) < 4.78 is 5.67. The second kappa shape index (κ2) is 7.19. The summed E-state index contributed by atoms with van der Waals surface area (Å²) in [5.74, 6) is 0.301. The summed E-state index contributed by atoms with van der Waals surface area (Å²) >= 11 is 0. The minimum Gasteiger partial charge on any atom is -0.374 e. The molecule has 2 aliphatic heterocycles. The molecule has 0 aromatic heterocycles. The molecule has 0 aromatic rings. The minimum absolute atomic E-state index is 0. The van der Waals surface area contributed by atoms with Crippen molar-refractivity contribution < 1.29 is 9.53 Å². The van der Waals surface area contributed by atoms with Crippen LogP contribution in [0.4, 0.5) is 0 Å². The summed E-state index contributed by atoms with van der Waals surface area (Å²) in [6, 6.07) is 0. The van der Waals surface area contributed by atoms with Gasteiger partial charge in [-0.25, -0.2) is 0 Å². The topological polar surface area (TPSA) is 50.4 Å². The van der Waals surface area contributed by atoms with Gasteiger partial charge in [0.2, 0.25) is 5.91 Å². The second-order valence-electron chi connectivity index (χ2n) is 4.76. The van der Waals surface area contributed by atoms with Crippen molar-refractivity contribution in [2.45, 2.75) is 44.8 Å². The zero-order chi connectivity index (χ0) is 11.4. The van der Waals surface area contributed by atoms with Crippen molar-refractivity contribution in [3.8, 4) is 0 Å². The number of rotatable bonds is 6. The lowest BCUT2D eigenvalue weighted by molar-refractivity contribution is -0.126. The zero-order valence-corrected chi connectivity index (χ0v) is 11.2. The van der Waals surface area contributed by atoms with Crippen molar-refractivity contribution in [2.24, 2.45) is 5.92 Å². The van der Waals surface area contributed by atoms with Crippen molar-refractivity contribution in [3.05, 3.63) is 0 Å². The Bertz CT molecular complexity index is 251. The molecule has 2 bridgehead atoms. The van der Waals surface area contributed by atoms with E-state index in [4.69, 9.17) is 4.74 Å². The van der Waals surface area contributed by atoms with Gasteiger partial charge in [-0.2, -0.15) is 0 Å². The van der Waals surface area contributed by atoms with Crippen molar-refractivity contribution in [2.75, 3.05) is 19.6 Å². The highest BCUT2D eigenvalue weighted by Gasteiger charge is 2.44. The zero-order valence-electron chi connectivity index (χ0n) is 10.4. The van der Waals surface area contributed by atoms with Gasteiger partial charge in [-0.05, 0) is 32.2 Å². The molecule has 4 nitrogen and oxygen atoms in total. The third-order valence-electron chi connectivity index (χ3n) is 3.47. The molecule has 2 heterocycles. The van der Waals surface area contributed by atoms with Crippen molar-refractivity contribution >= 4 is 18.3 Å². The van der Waals surface area contributed by atoms with E-state index in [2.05, 4.69) is 17.6 Å². The van der Waals surface area contributed by atoms with Crippen LogP contribution in [0.5, 0.6) is 0 Å². The Labute approximate surface area is 109 Å². The summed E-state index contributed by atoms with van der Waals surface area (Å²) in [5, 5.41) is 6.26. The highest BCUT2D eigenvalue weighted by molar-refractivity contribution is 5.85. The van der Waals surface area contributed by atoms with Crippen LogP contribution < -0.4 is 10.6 Å². The maximum Gasteiger partial charge on any atom is 0.225 e. The fourth-order valence-corrected chi connectivity index (χ4v) is 2.62. The van der Waals surface area contributed by atoms with Crippen molar-refractivity contribution in [3.63, 3.8) is 0 Å². The number of nitrogens with one attached hydrogen (secondary N) is 2. The van der Waals surface area contributed by atoms with E-state index in [1.165, 1.54) is 0 Å². The average Bonchev–Trinajstić information content (AvgIpc) is 2.90. The monoisotopic (exact) mass is 262 g/mol. The quantitative estimate of drug-likeness (QED) is 0.705. The number of amides is 1. The predicted octanol–water partition coefficient (Wildman–Crippen LogP) is 1.09. The number of fused-ring (bicyclic) bond motifs is 2. The number of halogens is 1. The van der Waals surface area contributed by atoms with E-state index in [9.17, 15) is 4.79 Å². The molecule has 0 aliphatic carbocycles. The molecular weight excluding hydrogens is 240 g/mol. The smallest absolute Gasteiger partial charge is 0.225 e. The van der Waals surface area contributed by atoms with Crippen LogP contribution in [0.25, 0.3) is 0 Å². The average molecular weight is 263 g/mol. The van der Waals surface area contributed by atoms with Gasteiger partial charge < -0.3 is 15.4 Å². The van der Waals surface area contributed by atoms with E-state index in [0.717, 1.165) is 45.3 Å². The molecule has 3 atom stereocenters. The van der Waals surface area contributed by atoms with Crippen LogP contribution in [0, 0.1) is 5.92 Å². The van der Waals surface area contributed by atoms with Gasteiger partial charge in [-0.3, -0.25) is 4.79 Å². The maximum atomic E-state index is 11.8. The SMILES string of the molecule is CCCNCCNC(=O)C1CC2CCC1O2.Cl. The minimum atomic E-state index is 0. The van der Waals surface area contributed by atoms with Crippen LogP contribution in [0.1, 0.15) is 32.6 Å². The van der Waals surface area contributed by atoms with E-state index >= 15 is 0 Å². The van der Waals surface area contributed by atoms with Gasteiger partial charge in [0.1, 0.15) is 0 Å². The standard InChI is InChI=1S/C12H22N2O2.ClH/c1-2-5-13-6-7-14-12(15)10-8-9-3-4-11(10)16-9;/h9-11,13H,2-8H2,1H3,(H,14,15);1H. The molecule has 3 unspecified atom stereocenters. The molecule has 0 aromatic carbocycles. The van der Waals surface area contributed by atoms with Crippen LogP contribution in [-0.2, 0) is 9.53 Å². The Morgan fingerprint density at radius 3 is 2.71 bits per heavy atom. The Kier molecular flexibility index (Phi) is 6.23. The van der Waals surface area contributed by atoms with Crippen LogP contribution in [0.3, 0.4) is 0 Å². The van der Waals surface area contributed by atoms with Gasteiger partial charge in [-0.15, -0.1) is 12.4 Å². The lowest BCUT2D eigenvalue weighted by atomic mass is 9.88. The first-order chi connectivity index (χ1) is 7.81. The molecule has 0 saturated carbocycles. The number of carbonyl (C=O) groups is 1. The molecule has 2 fully saturated rings. The fourth-order valence-electron chi connectivity index (χ4n) is 2.62. The Morgan fingerprint density at radius 1 is 1.29 bits per heavy atom. The predicted molar refractivity (Wildman–Crippen MR) is 69.4 cm³/mol. The van der Waals surface area contributed by atoms with Crippen LogP contribution in [-0.4, -0.2) is 37.7 Å². The molecular formula is C12H23ClN2O2. The first-order valence-corrected chi connectivity index (χ1v) is 6.45. The first-order valence-electron chi connectivity index (χ1n) is 6.45. The normalized spacial score (nSPS) is 30.1. The summed E-state index contributed by atoms with van der Waals surface area (Å²) in [7, 11) is 0. The van der Waals surface area contributed by atoms with Gasteiger partial charge in [0.05, 0.1) is 18.1 Å². The number of hydrogen-bond acceptors (Lipinski definition) is 3. The molecule has 2 N–H and O–H groups in total. The van der Waals surface area contributed by atoms with E-state index in [1.807, 2.05) is 0 Å². The molecule has 5 heteroatoms. The van der Waals surface area contributed by atoms with Gasteiger partial charge >= 0.3 is 0 Å². The summed E-state index contributed by atoms with van der Waals surface area (Å²) in [6.07, 6.45) is 4.84. The summed E-state index contributed by atoms with van der Waals surface area (Å²) in [4.78, 5) is 11.8. The van der Waals surface area contributed by atoms with Gasteiger partial charge in [0.15, 0.2) is 0 Å². The van der Waals surface area contributed by atoms with Crippen LogP contribution in [0.15, 0.2) is 0 Å². The van der Waals surface area contributed by atoms with Gasteiger partial charge in [0.25, 0.3) is 0 Å². The maximum absolute atomic E-state index is 11.8. The highest BCUT2D eigenvalue weighted by Crippen LogP contribution is 2.38. The lowest BCUT2D eigenvalue weighted by Crippen LogP contribution is -2.39. The molecule has 0 radical (unpaired) electrons. The molecule has 2 aliphatic rings. The number of carbonyl (C=O) groups excluding carboxylic acids is 1. The summed E-state index contributed by atoms with van der Waals surface area (Å²) in [5.41, 5.74) is 0. The fraction of sp³-hybridized carbons (Fsp3) is 0.917. The third-order valence-corrected chi connectivity index (χ3v) is 3.47. The van der Waals surface area contributed by atoms with E-state index in [0.29, 0.717) is 6.10 Å². The number of hydrogen-bond donors (Lipinski definition) is 2. The Hall–Kier alpha value is -0.320. The molecule has 17 heavy (non-hydrogen) atoms. The molecule has 1 amide bonds. The molecule has 2 rings (SSSR count). The van der Waals surface area contributed by atoms with E-state index < -0.39 is 0 Å². The second-order valence-corrected chi connectivity index (χ2v) is 4.76. The lowest BCUT2D eigenvalue weighted by Gasteiger charge is -2.17. The van der Waals surface area contributed by atoms with Crippen molar-refractivity contribution in [1.82, 2.24) is 10.6 Å².